The average Bonchev–Trinajstić information content (AvgIpc) is 2.44. The van der Waals surface area contributed by atoms with E-state index in [9.17, 15) is 13.9 Å². The normalized spacial score (nSPS) is 14.0. The van der Waals surface area contributed by atoms with E-state index in [0.29, 0.717) is 12.0 Å². The highest BCUT2D eigenvalue weighted by Crippen LogP contribution is 2.29. The van der Waals surface area contributed by atoms with Gasteiger partial charge in [-0.25, -0.2) is 8.78 Å². The predicted octanol–water partition coefficient (Wildman–Crippen LogP) is 2.55. The molecule has 1 atom stereocenters. The minimum Gasteiger partial charge on any atom is -0.395 e. The fraction of sp³-hybridized carbons (Fsp3) is 0.267. The first-order valence-electron chi connectivity index (χ1n) is 6.36. The Kier molecular flexibility index (Phi) is 5.03. The van der Waals surface area contributed by atoms with Crippen molar-refractivity contribution >= 4 is 15.9 Å². The molecule has 0 aliphatic carbocycles. The van der Waals surface area contributed by atoms with Gasteiger partial charge < -0.3 is 10.8 Å². The predicted molar refractivity (Wildman–Crippen MR) is 79.8 cm³/mol. The van der Waals surface area contributed by atoms with Gasteiger partial charge in [0.1, 0.15) is 11.6 Å². The van der Waals surface area contributed by atoms with Crippen LogP contribution in [0, 0.1) is 11.6 Å². The largest absolute Gasteiger partial charge is 0.395 e. The van der Waals surface area contributed by atoms with Gasteiger partial charge in [-0.1, -0.05) is 0 Å². The molecule has 0 aliphatic heterocycles. The summed E-state index contributed by atoms with van der Waals surface area (Å²) in [5, 5.41) is 9.79. The fourth-order valence-corrected chi connectivity index (χ4v) is 2.72. The molecule has 1 aromatic heterocycles. The van der Waals surface area contributed by atoms with E-state index in [2.05, 4.69) is 20.9 Å². The quantitative estimate of drug-likeness (QED) is 0.865. The van der Waals surface area contributed by atoms with E-state index in [1.165, 1.54) is 12.1 Å². The molecule has 0 radical (unpaired) electrons. The van der Waals surface area contributed by atoms with Crippen LogP contribution in [0.25, 0.3) is 0 Å². The highest BCUT2D eigenvalue weighted by atomic mass is 79.9. The zero-order chi connectivity index (χ0) is 15.5. The first-order valence-corrected chi connectivity index (χ1v) is 7.15. The van der Waals surface area contributed by atoms with Crippen LogP contribution in [-0.2, 0) is 11.8 Å². The number of aromatic nitrogens is 1. The third-order valence-corrected chi connectivity index (χ3v) is 3.91. The third-order valence-electron chi connectivity index (χ3n) is 3.47. The summed E-state index contributed by atoms with van der Waals surface area (Å²) in [6.07, 6.45) is 3.60. The van der Waals surface area contributed by atoms with E-state index in [1.807, 2.05) is 6.07 Å². The maximum Gasteiger partial charge on any atom is 0.126 e. The van der Waals surface area contributed by atoms with Crippen molar-refractivity contribution < 1.29 is 13.9 Å². The van der Waals surface area contributed by atoms with Crippen LogP contribution in [0.5, 0.6) is 0 Å². The number of aliphatic hydroxyl groups excluding tert-OH is 1. The second kappa shape index (κ2) is 6.60. The number of pyridine rings is 1. The van der Waals surface area contributed by atoms with Crippen LogP contribution in [0.3, 0.4) is 0 Å². The molecule has 3 N–H and O–H groups in total. The summed E-state index contributed by atoms with van der Waals surface area (Å²) in [5.41, 5.74) is 6.00. The standard InChI is InChI=1S/C15H15BrF2N2O/c16-12-1-10(6-20-7-12)5-15(8-19,9-21)11-2-13(17)4-14(18)3-11/h1-4,6-7,21H,5,8-9,19H2. The summed E-state index contributed by atoms with van der Waals surface area (Å²) in [7, 11) is 0. The minimum atomic E-state index is -0.953. The summed E-state index contributed by atoms with van der Waals surface area (Å²) in [6.45, 7) is -0.266. The van der Waals surface area contributed by atoms with Crippen LogP contribution in [0.15, 0.2) is 41.1 Å². The topological polar surface area (TPSA) is 59.1 Å². The molecule has 2 rings (SSSR count). The highest BCUT2D eigenvalue weighted by molar-refractivity contribution is 9.10. The van der Waals surface area contributed by atoms with Gasteiger partial charge in [0.05, 0.1) is 6.61 Å². The van der Waals surface area contributed by atoms with E-state index >= 15 is 0 Å². The number of nitrogens with two attached hydrogens (primary N) is 1. The Hall–Kier alpha value is -1.37. The van der Waals surface area contributed by atoms with Gasteiger partial charge in [0.25, 0.3) is 0 Å². The van der Waals surface area contributed by atoms with Crippen LogP contribution in [0.2, 0.25) is 0 Å². The van der Waals surface area contributed by atoms with Crippen molar-refractivity contribution in [2.75, 3.05) is 13.2 Å². The maximum atomic E-state index is 13.5. The molecule has 0 bridgehead atoms. The molecule has 3 nitrogen and oxygen atoms in total. The van der Waals surface area contributed by atoms with Crippen molar-refractivity contribution in [3.63, 3.8) is 0 Å². The van der Waals surface area contributed by atoms with E-state index in [0.717, 1.165) is 16.1 Å². The zero-order valence-electron chi connectivity index (χ0n) is 11.2. The smallest absolute Gasteiger partial charge is 0.126 e. The first-order chi connectivity index (χ1) is 9.99. The molecule has 0 fully saturated rings. The molecule has 0 aliphatic rings. The van der Waals surface area contributed by atoms with Gasteiger partial charge in [0, 0.05) is 34.9 Å². The molecule has 1 heterocycles. The molecule has 0 saturated heterocycles. The molecular formula is C15H15BrF2N2O. The number of aliphatic hydroxyl groups is 1. The maximum absolute atomic E-state index is 13.5. The molecule has 2 aromatic rings. The number of hydrogen-bond acceptors (Lipinski definition) is 3. The lowest BCUT2D eigenvalue weighted by Crippen LogP contribution is -2.41. The molecule has 1 aromatic carbocycles. The molecule has 112 valence electrons. The lowest BCUT2D eigenvalue weighted by Gasteiger charge is -2.31. The van der Waals surface area contributed by atoms with Gasteiger partial charge in [-0.15, -0.1) is 0 Å². The Morgan fingerprint density at radius 2 is 1.81 bits per heavy atom. The number of nitrogens with zero attached hydrogens (tertiary/aromatic N) is 1. The van der Waals surface area contributed by atoms with E-state index in [-0.39, 0.29) is 13.2 Å². The lowest BCUT2D eigenvalue weighted by molar-refractivity contribution is 0.195. The van der Waals surface area contributed by atoms with Gasteiger partial charge in [-0.05, 0) is 51.7 Å². The van der Waals surface area contributed by atoms with Crippen LogP contribution >= 0.6 is 15.9 Å². The van der Waals surface area contributed by atoms with Crippen molar-refractivity contribution in [1.82, 2.24) is 4.98 Å². The molecule has 0 saturated carbocycles. The summed E-state index contributed by atoms with van der Waals surface area (Å²) < 4.78 is 27.7. The van der Waals surface area contributed by atoms with E-state index in [1.54, 1.807) is 12.4 Å². The van der Waals surface area contributed by atoms with Gasteiger partial charge in [0.15, 0.2) is 0 Å². The van der Waals surface area contributed by atoms with Gasteiger partial charge in [-0.2, -0.15) is 0 Å². The fourth-order valence-electron chi connectivity index (χ4n) is 2.31. The average molecular weight is 357 g/mol. The summed E-state index contributed by atoms with van der Waals surface area (Å²) >= 11 is 3.32. The Morgan fingerprint density at radius 1 is 1.14 bits per heavy atom. The Balaban J connectivity index is 2.44. The SMILES string of the molecule is NCC(CO)(Cc1cncc(Br)c1)c1cc(F)cc(F)c1. The number of hydrogen-bond donors (Lipinski definition) is 2. The number of halogens is 3. The lowest BCUT2D eigenvalue weighted by atomic mass is 9.76. The van der Waals surface area contributed by atoms with Crippen molar-refractivity contribution in [3.05, 3.63) is 63.9 Å². The van der Waals surface area contributed by atoms with Gasteiger partial charge in [-0.3, -0.25) is 4.98 Å². The second-order valence-electron chi connectivity index (χ2n) is 4.99. The van der Waals surface area contributed by atoms with E-state index < -0.39 is 17.0 Å². The molecular weight excluding hydrogens is 342 g/mol. The Bertz CT molecular complexity index is 613. The third kappa shape index (κ3) is 3.64. The number of rotatable bonds is 5. The van der Waals surface area contributed by atoms with Crippen LogP contribution in [0.4, 0.5) is 8.78 Å². The van der Waals surface area contributed by atoms with Crippen LogP contribution in [-0.4, -0.2) is 23.2 Å². The van der Waals surface area contributed by atoms with Gasteiger partial charge in [0.2, 0.25) is 0 Å². The molecule has 21 heavy (non-hydrogen) atoms. The summed E-state index contributed by atoms with van der Waals surface area (Å²) in [4.78, 5) is 4.05. The molecule has 0 spiro atoms. The highest BCUT2D eigenvalue weighted by Gasteiger charge is 2.31. The monoisotopic (exact) mass is 356 g/mol. The molecule has 0 amide bonds. The zero-order valence-corrected chi connectivity index (χ0v) is 12.8. The van der Waals surface area contributed by atoms with Crippen molar-refractivity contribution in [1.29, 1.82) is 0 Å². The van der Waals surface area contributed by atoms with Crippen molar-refractivity contribution in [2.45, 2.75) is 11.8 Å². The Labute approximate surface area is 130 Å². The van der Waals surface area contributed by atoms with Crippen molar-refractivity contribution in [3.8, 4) is 0 Å². The second-order valence-corrected chi connectivity index (χ2v) is 5.90. The number of benzene rings is 1. The first kappa shape index (κ1) is 16.0. The van der Waals surface area contributed by atoms with Crippen LogP contribution < -0.4 is 5.73 Å². The van der Waals surface area contributed by atoms with E-state index in [4.69, 9.17) is 5.73 Å². The summed E-state index contributed by atoms with van der Waals surface area (Å²) in [6, 6.07) is 5.04. The van der Waals surface area contributed by atoms with Crippen LogP contribution in [0.1, 0.15) is 11.1 Å². The van der Waals surface area contributed by atoms with Crippen molar-refractivity contribution in [2.24, 2.45) is 5.73 Å². The van der Waals surface area contributed by atoms with Gasteiger partial charge >= 0.3 is 0 Å². The molecule has 1 unspecified atom stereocenters. The molecule has 6 heteroatoms. The Morgan fingerprint density at radius 3 is 2.33 bits per heavy atom. The summed E-state index contributed by atoms with van der Waals surface area (Å²) in [5.74, 6) is -1.38. The minimum absolute atomic E-state index is 0.0545.